The van der Waals surface area contributed by atoms with Crippen LogP contribution in [0, 0.1) is 11.2 Å². The average molecular weight is 392 g/mol. The van der Waals surface area contributed by atoms with Crippen LogP contribution in [0.15, 0.2) is 42.5 Å². The van der Waals surface area contributed by atoms with Crippen molar-refractivity contribution in [1.82, 2.24) is 4.90 Å². The van der Waals surface area contributed by atoms with Crippen molar-refractivity contribution >= 4 is 17.5 Å². The van der Waals surface area contributed by atoms with Gasteiger partial charge in [-0.25, -0.2) is 4.39 Å². The number of hydrogen-bond donors (Lipinski definition) is 1. The summed E-state index contributed by atoms with van der Waals surface area (Å²) in [6.07, 6.45) is 2.23. The van der Waals surface area contributed by atoms with Crippen LogP contribution >= 0.6 is 11.6 Å². The number of carbonyl (C=O) groups is 1. The highest BCUT2D eigenvalue weighted by molar-refractivity contribution is 6.30. The third-order valence-electron chi connectivity index (χ3n) is 5.15. The van der Waals surface area contributed by atoms with Crippen molar-refractivity contribution in [3.63, 3.8) is 0 Å². The van der Waals surface area contributed by atoms with Crippen LogP contribution in [0.5, 0.6) is 5.75 Å². The normalized spacial score (nSPS) is 19.8. The summed E-state index contributed by atoms with van der Waals surface area (Å²) in [7, 11) is 1.38. The number of likely N-dealkylation sites (tertiary alicyclic amines) is 1. The Hall–Kier alpha value is -2.11. The summed E-state index contributed by atoms with van der Waals surface area (Å²) in [5, 5.41) is 10.8. The number of hydrogen-bond acceptors (Lipinski definition) is 3. The Balaban J connectivity index is 1.79. The van der Waals surface area contributed by atoms with E-state index in [1.165, 1.54) is 19.2 Å². The van der Waals surface area contributed by atoms with Crippen LogP contribution in [0.1, 0.15) is 28.8 Å². The molecule has 27 heavy (non-hydrogen) atoms. The van der Waals surface area contributed by atoms with Gasteiger partial charge < -0.3 is 14.7 Å². The zero-order chi connectivity index (χ0) is 19.4. The van der Waals surface area contributed by atoms with Crippen LogP contribution in [0.25, 0.3) is 0 Å². The molecule has 0 saturated carbocycles. The molecule has 1 unspecified atom stereocenters. The van der Waals surface area contributed by atoms with Crippen molar-refractivity contribution in [2.45, 2.75) is 19.3 Å². The van der Waals surface area contributed by atoms with Crippen LogP contribution in [-0.4, -0.2) is 42.7 Å². The molecule has 1 aliphatic heterocycles. The van der Waals surface area contributed by atoms with Crippen LogP contribution < -0.4 is 4.74 Å². The van der Waals surface area contributed by atoms with Gasteiger partial charge in [-0.15, -0.1) is 0 Å². The fourth-order valence-electron chi connectivity index (χ4n) is 3.77. The van der Waals surface area contributed by atoms with Crippen molar-refractivity contribution in [2.24, 2.45) is 5.41 Å². The number of amides is 1. The Morgan fingerprint density at radius 2 is 2.15 bits per heavy atom. The largest absolute Gasteiger partial charge is 0.494 e. The lowest BCUT2D eigenvalue weighted by molar-refractivity contribution is 0.0271. The minimum atomic E-state index is -0.562. The van der Waals surface area contributed by atoms with Crippen molar-refractivity contribution in [3.05, 3.63) is 64.4 Å². The van der Waals surface area contributed by atoms with E-state index in [1.807, 2.05) is 24.3 Å². The lowest BCUT2D eigenvalue weighted by Gasteiger charge is -2.42. The highest BCUT2D eigenvalue weighted by atomic mass is 35.5. The number of piperidine rings is 1. The number of benzene rings is 2. The number of carbonyl (C=O) groups excluding carboxylic acids is 1. The Morgan fingerprint density at radius 1 is 1.33 bits per heavy atom. The fourth-order valence-corrected chi connectivity index (χ4v) is 3.99. The van der Waals surface area contributed by atoms with Crippen molar-refractivity contribution in [1.29, 1.82) is 0 Å². The molecule has 4 nitrogen and oxygen atoms in total. The number of methoxy groups -OCH3 is 1. The number of nitrogens with zero attached hydrogens (tertiary/aromatic N) is 1. The van der Waals surface area contributed by atoms with Gasteiger partial charge in [0.15, 0.2) is 11.6 Å². The molecule has 1 saturated heterocycles. The van der Waals surface area contributed by atoms with Crippen LogP contribution in [-0.2, 0) is 6.42 Å². The van der Waals surface area contributed by atoms with Gasteiger partial charge in [0, 0.05) is 29.1 Å². The Bertz CT molecular complexity index is 829. The molecule has 1 amide bonds. The topological polar surface area (TPSA) is 49.8 Å². The smallest absolute Gasteiger partial charge is 0.253 e. The molecule has 1 aliphatic rings. The molecule has 3 rings (SSSR count). The first-order chi connectivity index (χ1) is 13.0. The second-order valence-electron chi connectivity index (χ2n) is 7.14. The van der Waals surface area contributed by atoms with Gasteiger partial charge >= 0.3 is 0 Å². The Labute approximate surface area is 163 Å². The number of aliphatic hydroxyl groups excluding tert-OH is 1. The first-order valence-corrected chi connectivity index (χ1v) is 9.32. The Kier molecular flexibility index (Phi) is 6.02. The predicted octanol–water partition coefficient (Wildman–Crippen LogP) is 3.95. The van der Waals surface area contributed by atoms with Gasteiger partial charge in [-0.2, -0.15) is 0 Å². The van der Waals surface area contributed by atoms with Gasteiger partial charge in [0.25, 0.3) is 5.91 Å². The van der Waals surface area contributed by atoms with E-state index in [-0.39, 0.29) is 23.8 Å². The zero-order valence-corrected chi connectivity index (χ0v) is 16.0. The SMILES string of the molecule is COc1ccc(C(=O)N2CCCC(CO)(Cc3cccc(Cl)c3)C2)cc1F. The first-order valence-electron chi connectivity index (χ1n) is 8.94. The minimum Gasteiger partial charge on any atom is -0.494 e. The van der Waals surface area contributed by atoms with E-state index in [9.17, 15) is 14.3 Å². The molecular formula is C21H23ClFNO3. The first kappa shape index (κ1) is 19.6. The highest BCUT2D eigenvalue weighted by Gasteiger charge is 2.37. The minimum absolute atomic E-state index is 0.0275. The molecule has 144 valence electrons. The molecule has 1 fully saturated rings. The number of aliphatic hydroxyl groups is 1. The fraction of sp³-hybridized carbons (Fsp3) is 0.381. The summed E-state index contributed by atoms with van der Waals surface area (Å²) in [6, 6.07) is 11.8. The highest BCUT2D eigenvalue weighted by Crippen LogP contribution is 2.34. The molecule has 0 spiro atoms. The van der Waals surface area contributed by atoms with E-state index in [4.69, 9.17) is 16.3 Å². The van der Waals surface area contributed by atoms with E-state index < -0.39 is 11.2 Å². The molecule has 0 bridgehead atoms. The van der Waals surface area contributed by atoms with E-state index >= 15 is 0 Å². The quantitative estimate of drug-likeness (QED) is 0.839. The summed E-state index contributed by atoms with van der Waals surface area (Å²) in [5.41, 5.74) is 0.884. The number of rotatable bonds is 5. The van der Waals surface area contributed by atoms with Gasteiger partial charge in [-0.1, -0.05) is 23.7 Å². The maximum absolute atomic E-state index is 14.0. The summed E-state index contributed by atoms with van der Waals surface area (Å²) < 4.78 is 18.9. The van der Waals surface area contributed by atoms with E-state index in [1.54, 1.807) is 11.0 Å². The molecular weight excluding hydrogens is 369 g/mol. The summed E-state index contributed by atoms with van der Waals surface area (Å²) in [4.78, 5) is 14.6. The molecule has 2 aromatic rings. The second kappa shape index (κ2) is 8.28. The monoisotopic (exact) mass is 391 g/mol. The van der Waals surface area contributed by atoms with Gasteiger partial charge in [0.2, 0.25) is 0 Å². The standard InChI is InChI=1S/C21H23ClFNO3/c1-27-19-7-6-16(11-18(19)23)20(26)24-9-3-8-21(13-24,14-25)12-15-4-2-5-17(22)10-15/h2,4-7,10-11,25H,3,8-9,12-14H2,1H3. The number of ether oxygens (including phenoxy) is 1. The van der Waals surface area contributed by atoms with E-state index in [0.717, 1.165) is 18.4 Å². The van der Waals surface area contributed by atoms with Gasteiger partial charge in [-0.05, 0) is 55.2 Å². The van der Waals surface area contributed by atoms with Crippen LogP contribution in [0.2, 0.25) is 5.02 Å². The molecule has 1 heterocycles. The third kappa shape index (κ3) is 4.42. The summed E-state index contributed by atoms with van der Waals surface area (Å²) >= 11 is 6.08. The van der Waals surface area contributed by atoms with E-state index in [2.05, 4.69) is 0 Å². The molecule has 0 aliphatic carbocycles. The predicted molar refractivity (Wildman–Crippen MR) is 103 cm³/mol. The second-order valence-corrected chi connectivity index (χ2v) is 7.58. The van der Waals surface area contributed by atoms with Crippen molar-refractivity contribution in [3.8, 4) is 5.75 Å². The summed E-state index contributed by atoms with van der Waals surface area (Å²) in [5.74, 6) is -0.691. The van der Waals surface area contributed by atoms with Gasteiger partial charge in [0.1, 0.15) is 0 Å². The number of halogens is 2. The third-order valence-corrected chi connectivity index (χ3v) is 5.39. The molecule has 6 heteroatoms. The van der Waals surface area contributed by atoms with Crippen LogP contribution in [0.4, 0.5) is 4.39 Å². The molecule has 0 aromatic heterocycles. The summed E-state index contributed by atoms with van der Waals surface area (Å²) in [6.45, 7) is 0.979. The van der Waals surface area contributed by atoms with E-state index in [0.29, 0.717) is 24.5 Å². The molecule has 0 radical (unpaired) electrons. The van der Waals surface area contributed by atoms with Crippen molar-refractivity contribution < 1.29 is 19.0 Å². The Morgan fingerprint density at radius 3 is 2.81 bits per heavy atom. The molecule has 1 N–H and O–H groups in total. The lowest BCUT2D eigenvalue weighted by Crippen LogP contribution is -2.49. The van der Waals surface area contributed by atoms with Gasteiger partial charge in [-0.3, -0.25) is 4.79 Å². The lowest BCUT2D eigenvalue weighted by atomic mass is 9.75. The van der Waals surface area contributed by atoms with Crippen LogP contribution in [0.3, 0.4) is 0 Å². The molecule has 1 atom stereocenters. The van der Waals surface area contributed by atoms with Gasteiger partial charge in [0.05, 0.1) is 13.7 Å². The molecule has 2 aromatic carbocycles. The average Bonchev–Trinajstić information content (AvgIpc) is 2.67. The maximum atomic E-state index is 14.0. The zero-order valence-electron chi connectivity index (χ0n) is 15.3. The van der Waals surface area contributed by atoms with Crippen molar-refractivity contribution in [2.75, 3.05) is 26.8 Å². The maximum Gasteiger partial charge on any atom is 0.253 e.